The second-order valence-corrected chi connectivity index (χ2v) is 10.5. The van der Waals surface area contributed by atoms with E-state index in [0.29, 0.717) is 24.3 Å². The third-order valence-corrected chi connectivity index (χ3v) is 8.16. The highest BCUT2D eigenvalue weighted by molar-refractivity contribution is 7.89. The summed E-state index contributed by atoms with van der Waals surface area (Å²) in [6.07, 6.45) is 4.55. The summed E-state index contributed by atoms with van der Waals surface area (Å²) in [4.78, 5) is 17.6. The first-order chi connectivity index (χ1) is 16.4. The van der Waals surface area contributed by atoms with E-state index in [1.165, 1.54) is 10.4 Å². The van der Waals surface area contributed by atoms with Crippen molar-refractivity contribution in [3.05, 3.63) is 84.2 Å². The lowest BCUT2D eigenvalue weighted by molar-refractivity contribution is 0.102. The molecule has 0 aliphatic carbocycles. The number of fused-ring (bicyclic) bond motifs is 1. The van der Waals surface area contributed by atoms with E-state index < -0.39 is 10.0 Å². The van der Waals surface area contributed by atoms with Gasteiger partial charge in [0.25, 0.3) is 5.91 Å². The number of carbonyl (C=O) groups excluding carboxylic acids is 1. The van der Waals surface area contributed by atoms with Gasteiger partial charge in [-0.25, -0.2) is 13.4 Å². The van der Waals surface area contributed by atoms with E-state index in [4.69, 9.17) is 0 Å². The number of benzene rings is 3. The van der Waals surface area contributed by atoms with Crippen LogP contribution in [0.4, 0.5) is 5.69 Å². The molecule has 0 radical (unpaired) electrons. The molecule has 7 nitrogen and oxygen atoms in total. The van der Waals surface area contributed by atoms with Crippen LogP contribution in [0, 0.1) is 6.92 Å². The molecule has 1 aliphatic heterocycles. The first-order valence-corrected chi connectivity index (χ1v) is 12.8. The smallest absolute Gasteiger partial charge is 0.255 e. The Hall–Kier alpha value is -3.49. The lowest BCUT2D eigenvalue weighted by Gasteiger charge is -2.26. The van der Waals surface area contributed by atoms with Gasteiger partial charge in [0, 0.05) is 30.0 Å². The van der Waals surface area contributed by atoms with E-state index in [9.17, 15) is 13.2 Å². The van der Waals surface area contributed by atoms with Crippen molar-refractivity contribution in [3.63, 3.8) is 0 Å². The van der Waals surface area contributed by atoms with Gasteiger partial charge in [0.1, 0.15) is 6.33 Å². The Labute approximate surface area is 199 Å². The van der Waals surface area contributed by atoms with Crippen molar-refractivity contribution < 1.29 is 13.2 Å². The molecular formula is C26H26N4O3S. The standard InChI is InChI=1S/C26H26N4O3S/c1-19-9-14-22(34(32,33)29-15-5-2-6-16-29)17-23(19)26(31)28-20-10-12-21(13-11-20)30-18-27-24-7-3-4-8-25(24)30/h3-4,7-14,17-18H,2,5-6,15-16H2,1H3,(H,28,31). The molecule has 34 heavy (non-hydrogen) atoms. The molecule has 0 saturated carbocycles. The Bertz CT molecular complexity index is 1450. The van der Waals surface area contributed by atoms with Gasteiger partial charge in [-0.15, -0.1) is 0 Å². The number of rotatable bonds is 5. The third-order valence-electron chi connectivity index (χ3n) is 6.26. The molecule has 1 amide bonds. The van der Waals surface area contributed by atoms with Crippen LogP contribution >= 0.6 is 0 Å². The van der Waals surface area contributed by atoms with Crippen LogP contribution in [0.2, 0.25) is 0 Å². The molecule has 0 atom stereocenters. The highest BCUT2D eigenvalue weighted by atomic mass is 32.2. The Morgan fingerprint density at radius 1 is 0.941 bits per heavy atom. The fourth-order valence-corrected chi connectivity index (χ4v) is 5.87. The predicted octanol–water partition coefficient (Wildman–Crippen LogP) is 4.76. The Kier molecular flexibility index (Phi) is 5.93. The normalized spacial score (nSPS) is 14.9. The van der Waals surface area contributed by atoms with Crippen LogP contribution in [-0.4, -0.2) is 41.3 Å². The number of imidazole rings is 1. The first-order valence-electron chi connectivity index (χ1n) is 11.4. The molecule has 3 aromatic carbocycles. The van der Waals surface area contributed by atoms with Gasteiger partial charge < -0.3 is 5.32 Å². The SMILES string of the molecule is Cc1ccc(S(=O)(=O)N2CCCCC2)cc1C(=O)Nc1ccc(-n2cnc3ccccc32)cc1. The minimum Gasteiger partial charge on any atom is -0.322 e. The zero-order valence-electron chi connectivity index (χ0n) is 18.9. The molecule has 8 heteroatoms. The zero-order valence-corrected chi connectivity index (χ0v) is 19.8. The van der Waals surface area contributed by atoms with E-state index >= 15 is 0 Å². The fourth-order valence-electron chi connectivity index (χ4n) is 4.33. The van der Waals surface area contributed by atoms with Gasteiger partial charge >= 0.3 is 0 Å². The van der Waals surface area contributed by atoms with Crippen LogP contribution in [0.15, 0.2) is 78.0 Å². The van der Waals surface area contributed by atoms with E-state index in [-0.39, 0.29) is 10.8 Å². The van der Waals surface area contributed by atoms with Crippen LogP contribution in [0.25, 0.3) is 16.7 Å². The second kappa shape index (κ2) is 9.04. The maximum absolute atomic E-state index is 13.1. The summed E-state index contributed by atoms with van der Waals surface area (Å²) in [6, 6.07) is 20.1. The lowest BCUT2D eigenvalue weighted by Crippen LogP contribution is -2.35. The summed E-state index contributed by atoms with van der Waals surface area (Å²) in [5, 5.41) is 2.89. The van der Waals surface area contributed by atoms with Gasteiger partial charge in [-0.3, -0.25) is 9.36 Å². The van der Waals surface area contributed by atoms with Gasteiger partial charge in [-0.05, 0) is 73.9 Å². The van der Waals surface area contributed by atoms with Gasteiger partial charge in [0.15, 0.2) is 0 Å². The molecule has 0 unspecified atom stereocenters. The maximum atomic E-state index is 13.1. The summed E-state index contributed by atoms with van der Waals surface area (Å²) >= 11 is 0. The molecular weight excluding hydrogens is 448 g/mol. The van der Waals surface area contributed by atoms with Crippen LogP contribution < -0.4 is 5.32 Å². The molecule has 2 heterocycles. The third kappa shape index (κ3) is 4.22. The Morgan fingerprint density at radius 2 is 1.68 bits per heavy atom. The molecule has 5 rings (SSSR count). The number of aryl methyl sites for hydroxylation is 1. The minimum atomic E-state index is -3.61. The number of aromatic nitrogens is 2. The Balaban J connectivity index is 1.36. The fraction of sp³-hybridized carbons (Fsp3) is 0.231. The zero-order chi connectivity index (χ0) is 23.7. The quantitative estimate of drug-likeness (QED) is 0.452. The average molecular weight is 475 g/mol. The highest BCUT2D eigenvalue weighted by Crippen LogP contribution is 2.24. The minimum absolute atomic E-state index is 0.160. The summed E-state index contributed by atoms with van der Waals surface area (Å²) in [5.74, 6) is -0.339. The number of sulfonamides is 1. The number of nitrogens with zero attached hydrogens (tertiary/aromatic N) is 3. The molecule has 0 spiro atoms. The number of hydrogen-bond donors (Lipinski definition) is 1. The summed E-state index contributed by atoms with van der Waals surface area (Å²) in [5.41, 5.74) is 4.54. The van der Waals surface area contributed by atoms with Crippen LogP contribution in [0.1, 0.15) is 35.2 Å². The number of amides is 1. The van der Waals surface area contributed by atoms with Crippen molar-refractivity contribution in [2.45, 2.75) is 31.1 Å². The van der Waals surface area contributed by atoms with Crippen molar-refractivity contribution in [1.82, 2.24) is 13.9 Å². The monoisotopic (exact) mass is 474 g/mol. The average Bonchev–Trinajstić information content (AvgIpc) is 3.29. The Morgan fingerprint density at radius 3 is 2.44 bits per heavy atom. The molecule has 1 fully saturated rings. The number of anilines is 1. The van der Waals surface area contributed by atoms with Gasteiger partial charge in [-0.2, -0.15) is 4.31 Å². The van der Waals surface area contributed by atoms with E-state index in [0.717, 1.165) is 41.5 Å². The summed E-state index contributed by atoms with van der Waals surface area (Å²) in [6.45, 7) is 2.85. The largest absolute Gasteiger partial charge is 0.322 e. The van der Waals surface area contributed by atoms with Gasteiger partial charge in [0.2, 0.25) is 10.0 Å². The van der Waals surface area contributed by atoms with E-state index in [1.807, 2.05) is 53.1 Å². The molecule has 1 N–H and O–H groups in total. The number of hydrogen-bond acceptors (Lipinski definition) is 4. The highest BCUT2D eigenvalue weighted by Gasteiger charge is 2.27. The summed E-state index contributed by atoms with van der Waals surface area (Å²) < 4.78 is 29.6. The first kappa shape index (κ1) is 22.3. The molecule has 4 aromatic rings. The number of carbonyl (C=O) groups is 1. The van der Waals surface area contributed by atoms with Crippen molar-refractivity contribution in [3.8, 4) is 5.69 Å². The van der Waals surface area contributed by atoms with Crippen molar-refractivity contribution in [2.75, 3.05) is 18.4 Å². The molecule has 1 saturated heterocycles. The van der Waals surface area contributed by atoms with Crippen molar-refractivity contribution in [2.24, 2.45) is 0 Å². The van der Waals surface area contributed by atoms with Crippen molar-refractivity contribution >= 4 is 32.7 Å². The van der Waals surface area contributed by atoms with Crippen molar-refractivity contribution in [1.29, 1.82) is 0 Å². The maximum Gasteiger partial charge on any atom is 0.255 e. The molecule has 174 valence electrons. The topological polar surface area (TPSA) is 84.3 Å². The van der Waals surface area contributed by atoms with Gasteiger partial charge in [0.05, 0.1) is 15.9 Å². The van der Waals surface area contributed by atoms with Crippen LogP contribution in [0.3, 0.4) is 0 Å². The molecule has 1 aliphatic rings. The van der Waals surface area contributed by atoms with E-state index in [1.54, 1.807) is 25.4 Å². The van der Waals surface area contributed by atoms with Gasteiger partial charge in [-0.1, -0.05) is 24.6 Å². The summed E-state index contributed by atoms with van der Waals surface area (Å²) in [7, 11) is -3.61. The van der Waals surface area contributed by atoms with E-state index in [2.05, 4.69) is 10.3 Å². The number of piperidine rings is 1. The van der Waals surface area contributed by atoms with Crippen LogP contribution in [-0.2, 0) is 10.0 Å². The molecule has 1 aromatic heterocycles. The van der Waals surface area contributed by atoms with Crippen LogP contribution in [0.5, 0.6) is 0 Å². The second-order valence-electron chi connectivity index (χ2n) is 8.55. The lowest BCUT2D eigenvalue weighted by atomic mass is 10.1. The predicted molar refractivity (Wildman–Crippen MR) is 133 cm³/mol. The number of para-hydroxylation sites is 2. The number of nitrogens with one attached hydrogen (secondary N) is 1. The molecule has 0 bridgehead atoms.